The number of H-pyrrole nitrogens is 1. The third kappa shape index (κ3) is 2.79. The van der Waals surface area contributed by atoms with Crippen LogP contribution in [0, 0.1) is 11.3 Å². The number of aromatic amines is 1. The Hall–Kier alpha value is -2.95. The molecular weight excluding hydrogens is 348 g/mol. The van der Waals surface area contributed by atoms with Gasteiger partial charge in [0.05, 0.1) is 16.5 Å². The van der Waals surface area contributed by atoms with Crippen LogP contribution in [0.4, 0.5) is 0 Å². The summed E-state index contributed by atoms with van der Waals surface area (Å²) in [7, 11) is -3.56. The monoisotopic (exact) mass is 364 g/mol. The zero-order valence-corrected chi connectivity index (χ0v) is 14.7. The standard InChI is InChI=1S/C19H16N4O2S/c20-12-14-3-5-16(6-4-14)26(24,25)23-10-7-15(8-11-23)18-13-22-19-17(18)2-1-9-21-19/h1-7,9,13H,8,10-11H2,(H,21,22). The molecule has 0 atom stereocenters. The highest BCUT2D eigenvalue weighted by atomic mass is 32.2. The fraction of sp³-hybridized carbons (Fsp3) is 0.158. The summed E-state index contributed by atoms with van der Waals surface area (Å²) in [6, 6.07) is 11.9. The van der Waals surface area contributed by atoms with Crippen LogP contribution in [0.1, 0.15) is 17.5 Å². The molecule has 0 amide bonds. The minimum atomic E-state index is -3.56. The molecule has 130 valence electrons. The Bertz CT molecular complexity index is 1140. The van der Waals surface area contributed by atoms with Gasteiger partial charge < -0.3 is 4.98 Å². The predicted octanol–water partition coefficient (Wildman–Crippen LogP) is 2.91. The molecule has 0 fully saturated rings. The average molecular weight is 364 g/mol. The number of nitrogens with one attached hydrogen (secondary N) is 1. The van der Waals surface area contributed by atoms with Gasteiger partial charge in [0.1, 0.15) is 5.65 Å². The number of nitriles is 1. The van der Waals surface area contributed by atoms with E-state index in [0.717, 1.165) is 22.2 Å². The van der Waals surface area contributed by atoms with E-state index in [-0.39, 0.29) is 4.90 Å². The fourth-order valence-corrected chi connectivity index (χ4v) is 4.57. The van der Waals surface area contributed by atoms with Crippen molar-refractivity contribution < 1.29 is 8.42 Å². The molecule has 2 aromatic heterocycles. The first-order valence-corrected chi connectivity index (χ1v) is 9.65. The zero-order chi connectivity index (χ0) is 18.1. The number of benzene rings is 1. The molecule has 0 unspecified atom stereocenters. The van der Waals surface area contributed by atoms with Gasteiger partial charge in [0.15, 0.2) is 0 Å². The first kappa shape index (κ1) is 16.5. The molecule has 1 aliphatic heterocycles. The maximum absolute atomic E-state index is 12.8. The van der Waals surface area contributed by atoms with Crippen molar-refractivity contribution >= 4 is 26.6 Å². The van der Waals surface area contributed by atoms with Gasteiger partial charge in [0.25, 0.3) is 0 Å². The molecule has 1 N–H and O–H groups in total. The number of hydrogen-bond acceptors (Lipinski definition) is 4. The zero-order valence-electron chi connectivity index (χ0n) is 13.9. The summed E-state index contributed by atoms with van der Waals surface area (Å²) in [4.78, 5) is 7.66. The quantitative estimate of drug-likeness (QED) is 0.774. The van der Waals surface area contributed by atoms with Crippen molar-refractivity contribution in [3.8, 4) is 6.07 Å². The highest BCUT2D eigenvalue weighted by Crippen LogP contribution is 2.30. The van der Waals surface area contributed by atoms with Crippen LogP contribution in [0.5, 0.6) is 0 Å². The van der Waals surface area contributed by atoms with Crippen LogP contribution in [0.15, 0.2) is 59.8 Å². The molecule has 0 spiro atoms. The lowest BCUT2D eigenvalue weighted by molar-refractivity contribution is 0.441. The third-order valence-electron chi connectivity index (χ3n) is 4.59. The van der Waals surface area contributed by atoms with Crippen LogP contribution >= 0.6 is 0 Å². The van der Waals surface area contributed by atoms with E-state index in [1.165, 1.54) is 28.6 Å². The van der Waals surface area contributed by atoms with Gasteiger partial charge in [-0.2, -0.15) is 9.57 Å². The molecule has 6 nitrogen and oxygen atoms in total. The molecule has 3 heterocycles. The van der Waals surface area contributed by atoms with Gasteiger partial charge in [-0.25, -0.2) is 13.4 Å². The van der Waals surface area contributed by atoms with E-state index in [0.29, 0.717) is 25.1 Å². The smallest absolute Gasteiger partial charge is 0.243 e. The first-order chi connectivity index (χ1) is 12.6. The molecule has 0 bridgehead atoms. The fourth-order valence-electron chi connectivity index (χ4n) is 3.19. The Morgan fingerprint density at radius 2 is 2.00 bits per heavy atom. The SMILES string of the molecule is N#Cc1ccc(S(=O)(=O)N2CC=C(c3c[nH]c4ncccc34)CC2)cc1. The molecule has 7 heteroatoms. The molecule has 0 radical (unpaired) electrons. The number of sulfonamides is 1. The van der Waals surface area contributed by atoms with E-state index in [2.05, 4.69) is 9.97 Å². The lowest BCUT2D eigenvalue weighted by Gasteiger charge is -2.25. The second-order valence-electron chi connectivity index (χ2n) is 6.08. The molecule has 1 aliphatic rings. The van der Waals surface area contributed by atoms with Crippen LogP contribution in [0.2, 0.25) is 0 Å². The molecule has 0 aliphatic carbocycles. The van der Waals surface area contributed by atoms with Gasteiger partial charge in [-0.3, -0.25) is 0 Å². The van der Waals surface area contributed by atoms with Gasteiger partial charge in [0.2, 0.25) is 10.0 Å². The Morgan fingerprint density at radius 1 is 1.19 bits per heavy atom. The van der Waals surface area contributed by atoms with Crippen LogP contribution in [0.3, 0.4) is 0 Å². The Balaban J connectivity index is 1.59. The van der Waals surface area contributed by atoms with Gasteiger partial charge in [-0.05, 0) is 48.4 Å². The maximum atomic E-state index is 12.8. The van der Waals surface area contributed by atoms with E-state index in [1.54, 1.807) is 6.20 Å². The summed E-state index contributed by atoms with van der Waals surface area (Å²) < 4.78 is 27.0. The highest BCUT2D eigenvalue weighted by molar-refractivity contribution is 7.89. The van der Waals surface area contributed by atoms with E-state index in [9.17, 15) is 8.42 Å². The van der Waals surface area contributed by atoms with Crippen LogP contribution in [0.25, 0.3) is 16.6 Å². The van der Waals surface area contributed by atoms with Crippen LogP contribution in [-0.2, 0) is 10.0 Å². The molecular formula is C19H16N4O2S. The number of hydrogen-bond donors (Lipinski definition) is 1. The largest absolute Gasteiger partial charge is 0.346 e. The van der Waals surface area contributed by atoms with Gasteiger partial charge in [-0.15, -0.1) is 0 Å². The lowest BCUT2D eigenvalue weighted by atomic mass is 10.0. The van der Waals surface area contributed by atoms with Gasteiger partial charge in [0, 0.05) is 36.4 Å². The minimum absolute atomic E-state index is 0.213. The molecule has 0 saturated heterocycles. The Labute approximate surface area is 151 Å². The van der Waals surface area contributed by atoms with Crippen molar-refractivity contribution in [2.24, 2.45) is 0 Å². The van der Waals surface area contributed by atoms with Crippen LogP contribution in [-0.4, -0.2) is 35.8 Å². The normalized spacial score (nSPS) is 15.6. The van der Waals surface area contributed by atoms with E-state index in [4.69, 9.17) is 5.26 Å². The number of pyridine rings is 1. The highest BCUT2D eigenvalue weighted by Gasteiger charge is 2.26. The van der Waals surface area contributed by atoms with Gasteiger partial charge >= 0.3 is 0 Å². The number of aromatic nitrogens is 2. The third-order valence-corrected chi connectivity index (χ3v) is 6.47. The molecule has 4 rings (SSSR count). The molecule has 26 heavy (non-hydrogen) atoms. The summed E-state index contributed by atoms with van der Waals surface area (Å²) in [5.41, 5.74) is 3.47. The second-order valence-corrected chi connectivity index (χ2v) is 8.02. The van der Waals surface area contributed by atoms with Crippen molar-refractivity contribution in [2.75, 3.05) is 13.1 Å². The summed E-state index contributed by atoms with van der Waals surface area (Å²) in [6.45, 7) is 0.742. The summed E-state index contributed by atoms with van der Waals surface area (Å²) in [5, 5.41) is 9.89. The predicted molar refractivity (Wildman–Crippen MR) is 98.6 cm³/mol. The maximum Gasteiger partial charge on any atom is 0.243 e. The Morgan fingerprint density at radius 3 is 2.69 bits per heavy atom. The second kappa shape index (κ2) is 6.41. The van der Waals surface area contributed by atoms with E-state index >= 15 is 0 Å². The lowest BCUT2D eigenvalue weighted by Crippen LogP contribution is -2.34. The number of rotatable bonds is 3. The summed E-state index contributed by atoms with van der Waals surface area (Å²) >= 11 is 0. The van der Waals surface area contributed by atoms with Crippen molar-refractivity contribution in [1.82, 2.24) is 14.3 Å². The number of nitrogens with zero attached hydrogens (tertiary/aromatic N) is 3. The first-order valence-electron chi connectivity index (χ1n) is 8.21. The van der Waals surface area contributed by atoms with E-state index in [1.807, 2.05) is 30.5 Å². The topological polar surface area (TPSA) is 89.9 Å². The van der Waals surface area contributed by atoms with Gasteiger partial charge in [-0.1, -0.05) is 6.08 Å². The minimum Gasteiger partial charge on any atom is -0.346 e. The van der Waals surface area contributed by atoms with Crippen molar-refractivity contribution in [3.05, 3.63) is 66.0 Å². The van der Waals surface area contributed by atoms with E-state index < -0.39 is 10.0 Å². The van der Waals surface area contributed by atoms with Crippen molar-refractivity contribution in [1.29, 1.82) is 5.26 Å². The van der Waals surface area contributed by atoms with Crippen molar-refractivity contribution in [2.45, 2.75) is 11.3 Å². The van der Waals surface area contributed by atoms with Crippen LogP contribution < -0.4 is 0 Å². The average Bonchev–Trinajstić information content (AvgIpc) is 3.12. The van der Waals surface area contributed by atoms with Crippen molar-refractivity contribution in [3.63, 3.8) is 0 Å². The summed E-state index contributed by atoms with van der Waals surface area (Å²) in [5.74, 6) is 0. The number of fused-ring (bicyclic) bond motifs is 1. The molecule has 3 aromatic rings. The summed E-state index contributed by atoms with van der Waals surface area (Å²) in [6.07, 6.45) is 6.26. The Kier molecular flexibility index (Phi) is 4.07. The molecule has 1 aromatic carbocycles. The molecule has 0 saturated carbocycles.